The molecule has 0 heteroatoms. The quantitative estimate of drug-likeness (QED) is 0.0667. The Bertz CT molecular complexity index is 412. The maximum absolute atomic E-state index is 4.46. The molecule has 0 aliphatic carbocycles. The van der Waals surface area contributed by atoms with Gasteiger partial charge in [-0.3, -0.25) is 0 Å². The van der Waals surface area contributed by atoms with E-state index >= 15 is 0 Å². The van der Waals surface area contributed by atoms with Crippen molar-refractivity contribution in [3.8, 4) is 0 Å². The first-order valence-electron chi connectivity index (χ1n) is 19.6. The third-order valence-electron chi connectivity index (χ3n) is 9.43. The van der Waals surface area contributed by atoms with Crippen molar-refractivity contribution >= 4 is 0 Å². The van der Waals surface area contributed by atoms with Gasteiger partial charge in [0, 0.05) is 0 Å². The van der Waals surface area contributed by atoms with Crippen LogP contribution in [0, 0.1) is 12.8 Å². The molecule has 241 valence electrons. The molecule has 0 aromatic carbocycles. The minimum atomic E-state index is 0.715. The fraction of sp³-hybridized carbons (Fsp3) is 0.975. The zero-order chi connectivity index (χ0) is 29.0. The normalized spacial score (nSPS) is 12.4. The first-order valence-corrected chi connectivity index (χ1v) is 19.6. The van der Waals surface area contributed by atoms with E-state index in [0.717, 1.165) is 0 Å². The van der Waals surface area contributed by atoms with Crippen LogP contribution in [0.1, 0.15) is 245 Å². The Morgan fingerprint density at radius 3 is 0.575 bits per heavy atom. The predicted molar refractivity (Wildman–Crippen MR) is 186 cm³/mol. The zero-order valence-corrected chi connectivity index (χ0v) is 28.7. The van der Waals surface area contributed by atoms with Crippen LogP contribution in [0.2, 0.25) is 0 Å². The molecule has 0 aromatic heterocycles. The molecule has 0 aromatic rings. The number of hydrogen-bond acceptors (Lipinski definition) is 0. The van der Waals surface area contributed by atoms with E-state index in [1.807, 2.05) is 0 Å². The molecule has 0 aliphatic heterocycles. The van der Waals surface area contributed by atoms with Gasteiger partial charge < -0.3 is 0 Å². The standard InChI is InChI=1S/C40H81/c1-4-6-8-10-12-14-16-18-20-22-23-25-27-29-31-33-35-37-39-40(3)38-36-34-32-30-28-26-24-21-19-17-15-13-11-9-7-5-2/h40H,3-39H2,1-2H3. The summed E-state index contributed by atoms with van der Waals surface area (Å²) >= 11 is 0. The summed E-state index contributed by atoms with van der Waals surface area (Å²) in [5.41, 5.74) is 0. The van der Waals surface area contributed by atoms with Gasteiger partial charge in [-0.2, -0.15) is 0 Å². The van der Waals surface area contributed by atoms with E-state index in [1.165, 1.54) is 231 Å². The van der Waals surface area contributed by atoms with Crippen molar-refractivity contribution in [1.82, 2.24) is 0 Å². The lowest BCUT2D eigenvalue weighted by atomic mass is 9.95. The van der Waals surface area contributed by atoms with Crippen LogP contribution in [0.15, 0.2) is 0 Å². The lowest BCUT2D eigenvalue weighted by Gasteiger charge is -2.11. The minimum absolute atomic E-state index is 0.715. The van der Waals surface area contributed by atoms with Gasteiger partial charge in [-0.1, -0.05) is 252 Å². The summed E-state index contributed by atoms with van der Waals surface area (Å²) in [6.45, 7) is 9.07. The number of hydrogen-bond donors (Lipinski definition) is 0. The molecule has 0 saturated heterocycles. The molecule has 1 unspecified atom stereocenters. The van der Waals surface area contributed by atoms with E-state index in [9.17, 15) is 0 Å². The summed E-state index contributed by atoms with van der Waals surface area (Å²) in [4.78, 5) is 0. The minimum Gasteiger partial charge on any atom is -0.0654 e. The van der Waals surface area contributed by atoms with Crippen molar-refractivity contribution < 1.29 is 0 Å². The second-order valence-electron chi connectivity index (χ2n) is 13.8. The maximum atomic E-state index is 4.46. The Balaban J connectivity index is 3.13. The Kier molecular flexibility index (Phi) is 37.0. The van der Waals surface area contributed by atoms with Crippen LogP contribution in [0.4, 0.5) is 0 Å². The highest BCUT2D eigenvalue weighted by atomic mass is 14.1. The molecule has 0 fully saturated rings. The van der Waals surface area contributed by atoms with Gasteiger partial charge >= 0.3 is 0 Å². The van der Waals surface area contributed by atoms with E-state index in [-0.39, 0.29) is 0 Å². The van der Waals surface area contributed by atoms with Crippen molar-refractivity contribution in [2.75, 3.05) is 0 Å². The fourth-order valence-corrected chi connectivity index (χ4v) is 6.46. The second kappa shape index (κ2) is 37.0. The summed E-state index contributed by atoms with van der Waals surface area (Å²) in [6, 6.07) is 0. The second-order valence-corrected chi connectivity index (χ2v) is 13.8. The average molecular weight is 562 g/mol. The van der Waals surface area contributed by atoms with Crippen LogP contribution in [-0.2, 0) is 0 Å². The van der Waals surface area contributed by atoms with Gasteiger partial charge in [0.25, 0.3) is 0 Å². The SMILES string of the molecule is [CH2]C(CCCCCCCCCCCCCCCCCC)CCCCCCCCCCCCCCCCCCCC. The van der Waals surface area contributed by atoms with Crippen LogP contribution in [0.3, 0.4) is 0 Å². The largest absolute Gasteiger partial charge is 0.0654 e. The highest BCUT2D eigenvalue weighted by Gasteiger charge is 2.03. The van der Waals surface area contributed by atoms with Gasteiger partial charge in [0.05, 0.1) is 0 Å². The highest BCUT2D eigenvalue weighted by Crippen LogP contribution is 2.20. The Morgan fingerprint density at radius 1 is 0.250 bits per heavy atom. The van der Waals surface area contributed by atoms with E-state index < -0.39 is 0 Å². The molecule has 0 spiro atoms. The number of unbranched alkanes of at least 4 members (excludes halogenated alkanes) is 32. The fourth-order valence-electron chi connectivity index (χ4n) is 6.46. The van der Waals surface area contributed by atoms with Crippen LogP contribution < -0.4 is 0 Å². The van der Waals surface area contributed by atoms with Crippen molar-refractivity contribution in [1.29, 1.82) is 0 Å². The zero-order valence-electron chi connectivity index (χ0n) is 28.7. The Hall–Kier alpha value is 0. The molecular formula is C40H81. The summed E-state index contributed by atoms with van der Waals surface area (Å²) in [7, 11) is 0. The molecule has 0 nitrogen and oxygen atoms in total. The van der Waals surface area contributed by atoms with Gasteiger partial charge in [0.1, 0.15) is 0 Å². The summed E-state index contributed by atoms with van der Waals surface area (Å²) < 4.78 is 0. The molecule has 1 atom stereocenters. The van der Waals surface area contributed by atoms with Crippen LogP contribution in [0.5, 0.6) is 0 Å². The molecule has 0 rings (SSSR count). The van der Waals surface area contributed by atoms with Crippen molar-refractivity contribution in [3.63, 3.8) is 0 Å². The number of rotatable bonds is 36. The van der Waals surface area contributed by atoms with Gasteiger partial charge in [-0.25, -0.2) is 0 Å². The van der Waals surface area contributed by atoms with Gasteiger partial charge in [-0.05, 0) is 5.92 Å². The van der Waals surface area contributed by atoms with E-state index in [2.05, 4.69) is 20.8 Å². The highest BCUT2D eigenvalue weighted by molar-refractivity contribution is 4.62. The van der Waals surface area contributed by atoms with Crippen molar-refractivity contribution in [2.24, 2.45) is 5.92 Å². The smallest absolute Gasteiger partial charge is 0.0414 e. The van der Waals surface area contributed by atoms with Crippen molar-refractivity contribution in [3.05, 3.63) is 6.92 Å². The Morgan fingerprint density at radius 2 is 0.400 bits per heavy atom. The summed E-state index contributed by atoms with van der Waals surface area (Å²) in [5.74, 6) is 0.715. The Labute approximate surface area is 257 Å². The van der Waals surface area contributed by atoms with Crippen molar-refractivity contribution in [2.45, 2.75) is 245 Å². The molecule has 0 heterocycles. The predicted octanol–water partition coefficient (Wildman–Crippen LogP) is 15.5. The first-order chi connectivity index (χ1) is 19.8. The molecule has 0 saturated carbocycles. The lowest BCUT2D eigenvalue weighted by Crippen LogP contribution is -1.95. The molecule has 0 aliphatic rings. The molecule has 0 amide bonds. The van der Waals surface area contributed by atoms with Gasteiger partial charge in [-0.15, -0.1) is 0 Å². The van der Waals surface area contributed by atoms with Crippen LogP contribution in [0.25, 0.3) is 0 Å². The maximum Gasteiger partial charge on any atom is -0.0414 e. The average Bonchev–Trinajstić information content (AvgIpc) is 2.96. The van der Waals surface area contributed by atoms with Crippen LogP contribution in [-0.4, -0.2) is 0 Å². The van der Waals surface area contributed by atoms with E-state index in [4.69, 9.17) is 0 Å². The summed E-state index contributed by atoms with van der Waals surface area (Å²) in [5, 5.41) is 0. The van der Waals surface area contributed by atoms with E-state index in [0.29, 0.717) is 5.92 Å². The van der Waals surface area contributed by atoms with Gasteiger partial charge in [0.2, 0.25) is 0 Å². The third-order valence-corrected chi connectivity index (χ3v) is 9.43. The topological polar surface area (TPSA) is 0 Å². The molecule has 40 heavy (non-hydrogen) atoms. The first kappa shape index (κ1) is 40.0. The molecule has 0 bridgehead atoms. The molecular weight excluding hydrogens is 480 g/mol. The van der Waals surface area contributed by atoms with Gasteiger partial charge in [0.15, 0.2) is 0 Å². The third kappa shape index (κ3) is 36.0. The summed E-state index contributed by atoms with van der Waals surface area (Å²) in [6.07, 6.45) is 52.5. The molecule has 1 radical (unpaired) electrons. The monoisotopic (exact) mass is 562 g/mol. The molecule has 0 N–H and O–H groups in total. The van der Waals surface area contributed by atoms with E-state index in [1.54, 1.807) is 0 Å². The lowest BCUT2D eigenvalue weighted by molar-refractivity contribution is 0.459. The van der Waals surface area contributed by atoms with Crippen LogP contribution >= 0.6 is 0 Å².